The van der Waals surface area contributed by atoms with Gasteiger partial charge in [0.1, 0.15) is 0 Å². The van der Waals surface area contributed by atoms with Crippen LogP contribution >= 0.6 is 11.3 Å². The van der Waals surface area contributed by atoms with Gasteiger partial charge in [-0.05, 0) is 31.9 Å². The summed E-state index contributed by atoms with van der Waals surface area (Å²) < 4.78 is 2.12. The van der Waals surface area contributed by atoms with E-state index in [1.165, 1.54) is 0 Å². The first kappa shape index (κ1) is 16.2. The van der Waals surface area contributed by atoms with Crippen molar-refractivity contribution in [2.75, 3.05) is 6.54 Å². The van der Waals surface area contributed by atoms with Crippen LogP contribution in [0.15, 0.2) is 23.2 Å². The van der Waals surface area contributed by atoms with E-state index in [-0.39, 0.29) is 6.04 Å². The Morgan fingerprint density at radius 3 is 2.71 bits per heavy atom. The van der Waals surface area contributed by atoms with Crippen molar-refractivity contribution in [2.24, 2.45) is 0 Å². The fraction of sp³-hybridized carbons (Fsp3) is 0.625. The maximum atomic E-state index is 4.76. The molecule has 0 spiro atoms. The van der Waals surface area contributed by atoms with Crippen molar-refractivity contribution >= 4 is 11.3 Å². The highest BCUT2D eigenvalue weighted by Crippen LogP contribution is 2.20. The topological polar surface area (TPSA) is 42.7 Å². The van der Waals surface area contributed by atoms with Gasteiger partial charge >= 0.3 is 0 Å². The molecule has 1 unspecified atom stereocenters. The first-order valence-corrected chi connectivity index (χ1v) is 8.88. The van der Waals surface area contributed by atoms with Gasteiger partial charge in [0.05, 0.1) is 29.0 Å². The van der Waals surface area contributed by atoms with E-state index in [0.717, 1.165) is 43.6 Å². The van der Waals surface area contributed by atoms with Crippen molar-refractivity contribution in [3.8, 4) is 0 Å². The highest BCUT2D eigenvalue weighted by Gasteiger charge is 2.16. The molecule has 0 saturated carbocycles. The lowest BCUT2D eigenvalue weighted by Crippen LogP contribution is -2.24. The molecule has 2 rings (SSSR count). The lowest BCUT2D eigenvalue weighted by Gasteiger charge is -2.16. The summed E-state index contributed by atoms with van der Waals surface area (Å²) in [7, 11) is 0. The first-order chi connectivity index (χ1) is 10.3. The molecule has 116 valence electrons. The van der Waals surface area contributed by atoms with Gasteiger partial charge in [-0.2, -0.15) is 5.10 Å². The predicted octanol–water partition coefficient (Wildman–Crippen LogP) is 3.98. The molecule has 21 heavy (non-hydrogen) atoms. The molecule has 0 aromatic carbocycles. The third-order valence-corrected chi connectivity index (χ3v) is 4.45. The Kier molecular flexibility index (Phi) is 6.39. The van der Waals surface area contributed by atoms with E-state index in [0.29, 0.717) is 6.04 Å². The fourth-order valence-corrected chi connectivity index (χ4v) is 3.16. The van der Waals surface area contributed by atoms with Gasteiger partial charge in [-0.15, -0.1) is 11.3 Å². The number of nitrogens with one attached hydrogen (secondary N) is 1. The summed E-state index contributed by atoms with van der Waals surface area (Å²) >= 11 is 1.65. The summed E-state index contributed by atoms with van der Waals surface area (Å²) in [5.41, 5.74) is 4.17. The highest BCUT2D eigenvalue weighted by molar-refractivity contribution is 7.07. The molecule has 0 aliphatic rings. The Morgan fingerprint density at radius 2 is 2.10 bits per heavy atom. The second-order valence-electron chi connectivity index (χ2n) is 5.38. The maximum Gasteiger partial charge on any atom is 0.0795 e. The van der Waals surface area contributed by atoms with Crippen molar-refractivity contribution in [3.05, 3.63) is 34.5 Å². The summed E-state index contributed by atoms with van der Waals surface area (Å²) in [6.45, 7) is 7.63. The van der Waals surface area contributed by atoms with E-state index in [1.807, 2.05) is 5.51 Å². The Bertz CT molecular complexity index is 502. The summed E-state index contributed by atoms with van der Waals surface area (Å²) in [4.78, 5) is 4.46. The molecule has 0 saturated heterocycles. The number of thiazole rings is 1. The van der Waals surface area contributed by atoms with Crippen LogP contribution in [0, 0.1) is 0 Å². The van der Waals surface area contributed by atoms with E-state index in [4.69, 9.17) is 5.10 Å². The van der Waals surface area contributed by atoms with E-state index in [1.54, 1.807) is 11.3 Å². The minimum atomic E-state index is 0.265. The number of hydrogen-bond acceptors (Lipinski definition) is 4. The van der Waals surface area contributed by atoms with Crippen molar-refractivity contribution in [1.29, 1.82) is 0 Å². The molecule has 0 amide bonds. The smallest absolute Gasteiger partial charge is 0.0795 e. The van der Waals surface area contributed by atoms with Gasteiger partial charge < -0.3 is 5.32 Å². The number of rotatable bonds is 9. The summed E-state index contributed by atoms with van der Waals surface area (Å²) in [6, 6.07) is 2.92. The van der Waals surface area contributed by atoms with Gasteiger partial charge in [0, 0.05) is 18.0 Å². The zero-order valence-electron chi connectivity index (χ0n) is 13.2. The first-order valence-electron chi connectivity index (χ1n) is 7.93. The monoisotopic (exact) mass is 306 g/mol. The zero-order valence-corrected chi connectivity index (χ0v) is 14.1. The van der Waals surface area contributed by atoms with E-state index < -0.39 is 0 Å². The van der Waals surface area contributed by atoms with Crippen LogP contribution in [0.2, 0.25) is 0 Å². The minimum absolute atomic E-state index is 0.265. The molecule has 2 aromatic heterocycles. The second kappa shape index (κ2) is 8.29. The fourth-order valence-electron chi connectivity index (χ4n) is 2.56. The third kappa shape index (κ3) is 4.38. The van der Waals surface area contributed by atoms with Crippen molar-refractivity contribution in [2.45, 2.75) is 58.5 Å². The van der Waals surface area contributed by atoms with Crippen LogP contribution in [-0.4, -0.2) is 21.3 Å². The third-order valence-electron chi connectivity index (χ3n) is 3.84. The van der Waals surface area contributed by atoms with Gasteiger partial charge in [-0.3, -0.25) is 4.68 Å². The number of nitrogens with zero attached hydrogens (tertiary/aromatic N) is 3. The van der Waals surface area contributed by atoms with Gasteiger partial charge in [-0.25, -0.2) is 4.98 Å². The van der Waals surface area contributed by atoms with Gasteiger partial charge in [0.25, 0.3) is 0 Å². The van der Waals surface area contributed by atoms with Crippen LogP contribution in [0.4, 0.5) is 0 Å². The minimum Gasteiger partial charge on any atom is -0.308 e. The zero-order chi connectivity index (χ0) is 15.1. The Morgan fingerprint density at radius 1 is 1.29 bits per heavy atom. The maximum absolute atomic E-state index is 4.76. The molecule has 0 radical (unpaired) electrons. The molecule has 0 fully saturated rings. The van der Waals surface area contributed by atoms with E-state index >= 15 is 0 Å². The average molecular weight is 306 g/mol. The lowest BCUT2D eigenvalue weighted by molar-refractivity contribution is 0.422. The second-order valence-corrected chi connectivity index (χ2v) is 6.10. The van der Waals surface area contributed by atoms with Crippen LogP contribution in [0.25, 0.3) is 0 Å². The van der Waals surface area contributed by atoms with Crippen molar-refractivity contribution in [3.63, 3.8) is 0 Å². The summed E-state index contributed by atoms with van der Waals surface area (Å²) in [5.74, 6) is 0. The van der Waals surface area contributed by atoms with Gasteiger partial charge in [-0.1, -0.05) is 20.8 Å². The molecule has 0 aliphatic carbocycles. The normalized spacial score (nSPS) is 13.0. The molecular weight excluding hydrogens is 280 g/mol. The van der Waals surface area contributed by atoms with Gasteiger partial charge in [0.15, 0.2) is 0 Å². The van der Waals surface area contributed by atoms with E-state index in [9.17, 15) is 0 Å². The quantitative estimate of drug-likeness (QED) is 0.762. The number of aromatic nitrogens is 3. The molecule has 2 aromatic rings. The van der Waals surface area contributed by atoms with Crippen LogP contribution in [0.5, 0.6) is 0 Å². The SMILES string of the molecule is CCCNC(Cc1ccn(C(CC)CC)n1)c1cscn1. The van der Waals surface area contributed by atoms with Crippen LogP contribution in [0.3, 0.4) is 0 Å². The molecule has 2 heterocycles. The van der Waals surface area contributed by atoms with Crippen LogP contribution < -0.4 is 5.32 Å². The molecule has 4 nitrogen and oxygen atoms in total. The van der Waals surface area contributed by atoms with Crippen LogP contribution in [0.1, 0.15) is 63.5 Å². The Labute approximate surface area is 131 Å². The molecular formula is C16H26N4S. The molecule has 0 bridgehead atoms. The Hall–Kier alpha value is -1.20. The Balaban J connectivity index is 2.06. The lowest BCUT2D eigenvalue weighted by atomic mass is 10.1. The van der Waals surface area contributed by atoms with Crippen LogP contribution in [-0.2, 0) is 6.42 Å². The number of hydrogen-bond donors (Lipinski definition) is 1. The predicted molar refractivity (Wildman–Crippen MR) is 88.7 cm³/mol. The molecule has 0 aliphatic heterocycles. The highest BCUT2D eigenvalue weighted by atomic mass is 32.1. The largest absolute Gasteiger partial charge is 0.308 e. The molecule has 5 heteroatoms. The van der Waals surface area contributed by atoms with Crippen molar-refractivity contribution < 1.29 is 0 Å². The van der Waals surface area contributed by atoms with Crippen molar-refractivity contribution in [1.82, 2.24) is 20.1 Å². The molecule has 1 N–H and O–H groups in total. The summed E-state index contributed by atoms with van der Waals surface area (Å²) in [6.07, 6.45) is 6.40. The molecule has 1 atom stereocenters. The van der Waals surface area contributed by atoms with Gasteiger partial charge in [0.2, 0.25) is 0 Å². The summed E-state index contributed by atoms with van der Waals surface area (Å²) in [5, 5.41) is 10.5. The standard InChI is InChI=1S/C16H26N4S/c1-4-8-17-15(16-11-21-12-18-16)10-13-7-9-20(19-13)14(5-2)6-3/h7,9,11-12,14-15,17H,4-6,8,10H2,1-3H3. The average Bonchev–Trinajstić information content (AvgIpc) is 3.16. The van der Waals surface area contributed by atoms with E-state index in [2.05, 4.69) is 53.4 Å².